The van der Waals surface area contributed by atoms with Crippen LogP contribution >= 0.6 is 0 Å². The topological polar surface area (TPSA) is 16.3 Å². The lowest BCUT2D eigenvalue weighted by Gasteiger charge is -2.32. The van der Waals surface area contributed by atoms with E-state index in [4.69, 9.17) is 0 Å². The van der Waals surface area contributed by atoms with Crippen LogP contribution in [0.1, 0.15) is 66.2 Å². The van der Waals surface area contributed by atoms with E-state index in [9.17, 15) is 0 Å². The first-order valence-corrected chi connectivity index (χ1v) is 26.0. The van der Waals surface area contributed by atoms with Crippen molar-refractivity contribution in [3.8, 4) is 22.5 Å². The molecular formula is C69H70N4. The molecular weight excluding hydrogens is 885 g/mol. The molecule has 1 atom stereocenters. The number of aromatic nitrogens is 2. The summed E-state index contributed by atoms with van der Waals surface area (Å²) in [6.45, 7) is 23.5. The summed E-state index contributed by atoms with van der Waals surface area (Å²) in [5.74, 6) is 0. The summed E-state index contributed by atoms with van der Waals surface area (Å²) in [5, 5.41) is 4.93. The molecule has 4 heteroatoms. The van der Waals surface area contributed by atoms with E-state index in [2.05, 4.69) is 258 Å². The highest BCUT2D eigenvalue weighted by atomic mass is 15.2. The third kappa shape index (κ3) is 11.0. The van der Waals surface area contributed by atoms with E-state index in [0.717, 1.165) is 66.2 Å². The van der Waals surface area contributed by atoms with Crippen LogP contribution in [0, 0.1) is 0 Å². The normalized spacial score (nSPS) is 12.9. The Hall–Kier alpha value is -8.34. The number of rotatable bonds is 16. The standard InChI is InChI=1S/C64H58N4.C3H6.C2H6/c1-5-8-10-14-23-47(4)65(50(7-3)24-9-6-2)53-35-39-55(40-36-53)67-61-31-21-19-29-57(61)59-45-48(33-43-63(59)67)49-34-44-64-60(46-49)58-30-20-22-32-62(58)68(64)56-41-37-54(38-42-56)66(52-27-17-13-18-28-52)51-25-15-11-12-16-26-51;1-3-2;1-2/h5-7,10,13-15,17-23,25-46,50H,1-3,8-9,11-12,16,24H2,4H3;3H,1H2,2H3;1-2H3/b14-10-,47-23+;;. The summed E-state index contributed by atoms with van der Waals surface area (Å²) in [6.07, 6.45) is 27.1. The van der Waals surface area contributed by atoms with E-state index in [1.165, 1.54) is 66.9 Å². The van der Waals surface area contributed by atoms with Crippen LogP contribution in [-0.2, 0) is 0 Å². The Morgan fingerprint density at radius 2 is 1.11 bits per heavy atom. The van der Waals surface area contributed by atoms with E-state index < -0.39 is 0 Å². The number of hydrogen-bond acceptors (Lipinski definition) is 2. The Morgan fingerprint density at radius 1 is 0.589 bits per heavy atom. The number of hydrogen-bond donors (Lipinski definition) is 0. The van der Waals surface area contributed by atoms with Gasteiger partial charge in [0.05, 0.1) is 28.1 Å². The van der Waals surface area contributed by atoms with Crippen molar-refractivity contribution in [2.24, 2.45) is 0 Å². The van der Waals surface area contributed by atoms with E-state index in [-0.39, 0.29) is 6.04 Å². The van der Waals surface area contributed by atoms with Crippen LogP contribution in [0.25, 0.3) is 66.1 Å². The lowest BCUT2D eigenvalue weighted by Crippen LogP contribution is -2.32. The quantitative estimate of drug-likeness (QED) is 0.0709. The minimum Gasteiger partial charge on any atom is -0.339 e. The fourth-order valence-electron chi connectivity index (χ4n) is 10.1. The predicted molar refractivity (Wildman–Crippen MR) is 321 cm³/mol. The third-order valence-electron chi connectivity index (χ3n) is 13.3. The molecule has 0 saturated heterocycles. The molecule has 0 amide bonds. The molecule has 9 aromatic rings. The molecule has 10 rings (SSSR count). The highest BCUT2D eigenvalue weighted by Gasteiger charge is 2.20. The smallest absolute Gasteiger partial charge is 0.0541 e. The highest BCUT2D eigenvalue weighted by molar-refractivity contribution is 6.12. The fraction of sp³-hybridized carbons (Fsp3) is 0.159. The molecule has 0 fully saturated rings. The van der Waals surface area contributed by atoms with E-state index in [1.807, 2.05) is 32.9 Å². The van der Waals surface area contributed by atoms with Crippen molar-refractivity contribution < 1.29 is 0 Å². The summed E-state index contributed by atoms with van der Waals surface area (Å²) in [6, 6.07) is 60.4. The van der Waals surface area contributed by atoms with Gasteiger partial charge in [0.1, 0.15) is 0 Å². The maximum absolute atomic E-state index is 4.24. The lowest BCUT2D eigenvalue weighted by molar-refractivity contribution is 0.688. The van der Waals surface area contributed by atoms with Crippen molar-refractivity contribution in [1.29, 1.82) is 0 Å². The Labute approximate surface area is 434 Å². The molecule has 1 aliphatic rings. The van der Waals surface area contributed by atoms with Gasteiger partial charge in [-0.2, -0.15) is 0 Å². The fourth-order valence-corrected chi connectivity index (χ4v) is 10.1. The second-order valence-electron chi connectivity index (χ2n) is 18.0. The second kappa shape index (κ2) is 24.7. The molecule has 7 aromatic carbocycles. The third-order valence-corrected chi connectivity index (χ3v) is 13.3. The minimum absolute atomic E-state index is 0.125. The van der Waals surface area contributed by atoms with E-state index >= 15 is 0 Å². The van der Waals surface area contributed by atoms with Gasteiger partial charge in [-0.15, -0.1) is 26.3 Å². The summed E-state index contributed by atoms with van der Waals surface area (Å²) < 4.78 is 4.81. The van der Waals surface area contributed by atoms with E-state index in [0.29, 0.717) is 0 Å². The lowest BCUT2D eigenvalue weighted by atomic mass is 10.0. The molecule has 2 heterocycles. The molecule has 0 N–H and O–H groups in total. The number of nitrogens with zero attached hydrogens (tertiary/aromatic N) is 4. The average Bonchev–Trinajstić information content (AvgIpc) is 3.80. The van der Waals surface area contributed by atoms with Gasteiger partial charge >= 0.3 is 0 Å². The van der Waals surface area contributed by atoms with Crippen LogP contribution in [0.4, 0.5) is 17.1 Å². The zero-order valence-corrected chi connectivity index (χ0v) is 43.3. The summed E-state index contributed by atoms with van der Waals surface area (Å²) >= 11 is 0. The van der Waals surface area contributed by atoms with Gasteiger partial charge in [-0.3, -0.25) is 0 Å². The molecule has 0 saturated carbocycles. The number of allylic oxidation sites excluding steroid dienone is 10. The van der Waals surface area contributed by atoms with Gasteiger partial charge in [-0.1, -0.05) is 129 Å². The molecule has 1 unspecified atom stereocenters. The average molecular weight is 955 g/mol. The monoisotopic (exact) mass is 955 g/mol. The van der Waals surface area contributed by atoms with Crippen molar-refractivity contribution >= 4 is 60.7 Å². The SMILES string of the molecule is C=CC.C=CC/C=C\C=C(/C)N(c1ccc(-n2c3ccccc3c3cc(-c4ccc5c(c4)c4ccccc4n5-c4ccc(N(C5=CCCCC=C5)c5ccccc5)cc4)ccc32)cc1)C(C=C)CCC=C.CC. The maximum atomic E-state index is 4.24. The number of benzene rings is 7. The molecule has 4 nitrogen and oxygen atoms in total. The van der Waals surface area contributed by atoms with Gasteiger partial charge in [-0.25, -0.2) is 0 Å². The molecule has 366 valence electrons. The molecule has 0 aliphatic heterocycles. The predicted octanol–water partition coefficient (Wildman–Crippen LogP) is 19.9. The largest absolute Gasteiger partial charge is 0.339 e. The van der Waals surface area contributed by atoms with Crippen LogP contribution < -0.4 is 9.80 Å². The molecule has 0 radical (unpaired) electrons. The van der Waals surface area contributed by atoms with Crippen LogP contribution in [0.5, 0.6) is 0 Å². The maximum Gasteiger partial charge on any atom is 0.0541 e. The Morgan fingerprint density at radius 3 is 1.66 bits per heavy atom. The first kappa shape index (κ1) is 51.0. The zero-order valence-electron chi connectivity index (χ0n) is 43.3. The minimum atomic E-state index is 0.125. The van der Waals surface area contributed by atoms with Crippen molar-refractivity contribution in [3.63, 3.8) is 0 Å². The Kier molecular flexibility index (Phi) is 17.2. The van der Waals surface area contributed by atoms with Crippen molar-refractivity contribution in [2.75, 3.05) is 9.80 Å². The molecule has 2 aromatic heterocycles. The zero-order chi connectivity index (χ0) is 51.1. The Balaban J connectivity index is 0.00000137. The highest BCUT2D eigenvalue weighted by Crippen LogP contribution is 2.40. The summed E-state index contributed by atoms with van der Waals surface area (Å²) in [4.78, 5) is 4.76. The van der Waals surface area contributed by atoms with Gasteiger partial charge in [0.25, 0.3) is 0 Å². The van der Waals surface area contributed by atoms with Gasteiger partial charge in [0.15, 0.2) is 0 Å². The van der Waals surface area contributed by atoms with Gasteiger partial charge in [0.2, 0.25) is 0 Å². The Bertz CT molecular complexity index is 3460. The first-order chi connectivity index (χ1) is 36.0. The van der Waals surface area contributed by atoms with Gasteiger partial charge < -0.3 is 18.9 Å². The molecule has 0 spiro atoms. The van der Waals surface area contributed by atoms with Crippen LogP contribution in [0.3, 0.4) is 0 Å². The van der Waals surface area contributed by atoms with Crippen molar-refractivity contribution in [3.05, 3.63) is 262 Å². The second-order valence-corrected chi connectivity index (χ2v) is 18.0. The van der Waals surface area contributed by atoms with E-state index in [1.54, 1.807) is 6.08 Å². The van der Waals surface area contributed by atoms with Crippen molar-refractivity contribution in [2.45, 2.75) is 72.3 Å². The number of fused-ring (bicyclic) bond motifs is 6. The van der Waals surface area contributed by atoms with Crippen LogP contribution in [0.2, 0.25) is 0 Å². The molecule has 1 aliphatic carbocycles. The first-order valence-electron chi connectivity index (χ1n) is 26.0. The summed E-state index contributed by atoms with van der Waals surface area (Å²) in [7, 11) is 0. The van der Waals surface area contributed by atoms with Gasteiger partial charge in [-0.05, 0) is 173 Å². The van der Waals surface area contributed by atoms with Gasteiger partial charge in [0, 0.05) is 61.4 Å². The van der Waals surface area contributed by atoms with Crippen LogP contribution in [-0.4, -0.2) is 15.2 Å². The van der Waals surface area contributed by atoms with Crippen molar-refractivity contribution in [1.82, 2.24) is 9.13 Å². The van der Waals surface area contributed by atoms with Crippen LogP contribution in [0.15, 0.2) is 262 Å². The summed E-state index contributed by atoms with van der Waals surface area (Å²) in [5.41, 5.74) is 15.2. The molecule has 0 bridgehead atoms. The number of anilines is 3. The molecule has 73 heavy (non-hydrogen) atoms. The number of para-hydroxylation sites is 3.